The van der Waals surface area contributed by atoms with E-state index in [1.807, 2.05) is 6.92 Å². The molecule has 8 rings (SSSR count). The molecule has 0 aromatic heterocycles. The molecule has 4 aliphatic carbocycles. The summed E-state index contributed by atoms with van der Waals surface area (Å²) in [5.74, 6) is 0.532. The molecule has 8 aliphatic rings. The highest BCUT2D eigenvalue weighted by Crippen LogP contribution is 2.71. The van der Waals surface area contributed by atoms with Crippen molar-refractivity contribution >= 4 is 0 Å². The molecule has 4 heterocycles. The average Bonchev–Trinajstić information content (AvgIpc) is 3.71. The Bertz CT molecular complexity index is 1560. The summed E-state index contributed by atoms with van der Waals surface area (Å²) in [6, 6.07) is 0. The highest BCUT2D eigenvalue weighted by atomic mass is 16.8. The van der Waals surface area contributed by atoms with Gasteiger partial charge >= 0.3 is 0 Å². The zero-order valence-corrected chi connectivity index (χ0v) is 37.5. The molecule has 8 fully saturated rings. The summed E-state index contributed by atoms with van der Waals surface area (Å²) in [7, 11) is 0. The van der Waals surface area contributed by atoms with E-state index in [9.17, 15) is 61.3 Å². The summed E-state index contributed by atoms with van der Waals surface area (Å²) in [5, 5.41) is 125. The third-order valence-electron chi connectivity index (χ3n) is 18.0. The standard InChI is InChI=1S/C45H76O19/c1-19(18-58-40-37(55)34(52)31(49)27(15-46)60-40)7-12-45(57)20(2)30-26(64-45)14-25-23-6-5-21-13-22(8-10-43(21,3)24(23)9-11-44(25,30)4)59-42-39(36(54)33(51)29(17-48)62-42)63-41-38(56)35(53)32(50)28(16-47)61-41/h19-42,46-57H,5-18H2,1-4H3/t19-,20-,21+,22-,23+,24-,25-,26-,27+,28+,29+,30-,31-,32-,33+,34-,35-,36-,37+,38+,39+,40+,41-,42+,43-,44-,45+/m0/s1. The van der Waals surface area contributed by atoms with Gasteiger partial charge in [-0.15, -0.1) is 0 Å². The molecule has 0 amide bonds. The fraction of sp³-hybridized carbons (Fsp3) is 1.00. The molecule has 0 aromatic rings. The van der Waals surface area contributed by atoms with Gasteiger partial charge in [0.25, 0.3) is 0 Å². The van der Waals surface area contributed by atoms with Gasteiger partial charge in [-0.05, 0) is 104 Å². The van der Waals surface area contributed by atoms with E-state index in [1.165, 1.54) is 0 Å². The van der Waals surface area contributed by atoms with E-state index >= 15 is 0 Å². The Balaban J connectivity index is 0.869. The molecule has 4 saturated heterocycles. The largest absolute Gasteiger partial charge is 0.394 e. The van der Waals surface area contributed by atoms with Crippen LogP contribution >= 0.6 is 0 Å². The van der Waals surface area contributed by atoms with E-state index in [0.29, 0.717) is 42.9 Å². The lowest BCUT2D eigenvalue weighted by Crippen LogP contribution is -2.65. The van der Waals surface area contributed by atoms with E-state index < -0.39 is 118 Å². The maximum Gasteiger partial charge on any atom is 0.187 e. The number of hydrogen-bond donors (Lipinski definition) is 12. The molecule has 0 radical (unpaired) electrons. The van der Waals surface area contributed by atoms with E-state index in [1.54, 1.807) is 0 Å². The van der Waals surface area contributed by atoms with E-state index in [4.69, 9.17) is 33.2 Å². The molecule has 0 spiro atoms. The van der Waals surface area contributed by atoms with Crippen molar-refractivity contribution < 1.29 is 94.4 Å². The van der Waals surface area contributed by atoms with Crippen LogP contribution in [0.2, 0.25) is 0 Å². The van der Waals surface area contributed by atoms with Crippen LogP contribution in [0.1, 0.15) is 91.9 Å². The van der Waals surface area contributed by atoms with Crippen LogP contribution in [0.25, 0.3) is 0 Å². The lowest BCUT2D eigenvalue weighted by molar-refractivity contribution is -0.373. The van der Waals surface area contributed by atoms with Gasteiger partial charge in [0.15, 0.2) is 24.7 Å². The van der Waals surface area contributed by atoms with E-state index in [-0.39, 0.29) is 47.4 Å². The van der Waals surface area contributed by atoms with Gasteiger partial charge in [0.05, 0.1) is 38.6 Å². The van der Waals surface area contributed by atoms with Crippen molar-refractivity contribution in [3.63, 3.8) is 0 Å². The summed E-state index contributed by atoms with van der Waals surface area (Å²) in [6.45, 7) is 7.28. The van der Waals surface area contributed by atoms with Crippen LogP contribution in [0.5, 0.6) is 0 Å². The van der Waals surface area contributed by atoms with Crippen LogP contribution in [-0.2, 0) is 33.2 Å². The molecule has 4 saturated carbocycles. The average molecular weight is 921 g/mol. The second kappa shape index (κ2) is 19.2. The molecule has 370 valence electrons. The molecule has 12 N–H and O–H groups in total. The first kappa shape index (κ1) is 49.7. The second-order valence-electron chi connectivity index (χ2n) is 21.5. The number of fused-ring (bicyclic) bond motifs is 7. The monoisotopic (exact) mass is 920 g/mol. The first-order chi connectivity index (χ1) is 30.3. The number of aliphatic hydroxyl groups is 12. The summed E-state index contributed by atoms with van der Waals surface area (Å²) in [4.78, 5) is 0. The Morgan fingerprint density at radius 2 is 1.20 bits per heavy atom. The topological polar surface area (TPSA) is 307 Å². The molecule has 64 heavy (non-hydrogen) atoms. The van der Waals surface area contributed by atoms with Crippen molar-refractivity contribution in [1.82, 2.24) is 0 Å². The molecule has 19 heteroatoms. The predicted octanol–water partition coefficient (Wildman–Crippen LogP) is -1.78. The molecule has 0 bridgehead atoms. The van der Waals surface area contributed by atoms with Crippen LogP contribution in [0, 0.1) is 52.3 Å². The number of aliphatic hydroxyl groups excluding tert-OH is 11. The highest BCUT2D eigenvalue weighted by molar-refractivity contribution is 5.15. The van der Waals surface area contributed by atoms with Gasteiger partial charge in [0, 0.05) is 12.3 Å². The number of rotatable bonds is 13. The molecule has 27 atom stereocenters. The highest BCUT2D eigenvalue weighted by Gasteiger charge is 2.68. The minimum absolute atomic E-state index is 0.00000712. The van der Waals surface area contributed by atoms with Gasteiger partial charge in [0.1, 0.15) is 73.2 Å². The molecule has 0 aromatic carbocycles. The van der Waals surface area contributed by atoms with Gasteiger partial charge in [-0.2, -0.15) is 0 Å². The Morgan fingerprint density at radius 3 is 1.84 bits per heavy atom. The fourth-order valence-electron chi connectivity index (χ4n) is 14.2. The minimum atomic E-state index is -1.75. The third-order valence-corrected chi connectivity index (χ3v) is 18.0. The first-order valence-electron chi connectivity index (χ1n) is 23.9. The van der Waals surface area contributed by atoms with Crippen LogP contribution in [0.15, 0.2) is 0 Å². The van der Waals surface area contributed by atoms with Crippen molar-refractivity contribution in [1.29, 1.82) is 0 Å². The van der Waals surface area contributed by atoms with E-state index in [0.717, 1.165) is 44.9 Å². The zero-order chi connectivity index (χ0) is 46.2. The van der Waals surface area contributed by atoms with Crippen molar-refractivity contribution in [3.05, 3.63) is 0 Å². The third kappa shape index (κ3) is 8.65. The predicted molar refractivity (Wildman–Crippen MR) is 219 cm³/mol. The zero-order valence-electron chi connectivity index (χ0n) is 37.5. The van der Waals surface area contributed by atoms with Gasteiger partial charge < -0.3 is 94.4 Å². The molecule has 0 unspecified atom stereocenters. The summed E-state index contributed by atoms with van der Waals surface area (Å²) in [5.41, 5.74) is 0.0475. The van der Waals surface area contributed by atoms with Crippen LogP contribution in [0.3, 0.4) is 0 Å². The second-order valence-corrected chi connectivity index (χ2v) is 21.5. The van der Waals surface area contributed by atoms with Gasteiger partial charge in [-0.1, -0.05) is 27.7 Å². The van der Waals surface area contributed by atoms with Crippen molar-refractivity contribution in [2.75, 3.05) is 26.4 Å². The first-order valence-corrected chi connectivity index (χ1v) is 23.9. The van der Waals surface area contributed by atoms with Crippen LogP contribution < -0.4 is 0 Å². The van der Waals surface area contributed by atoms with Crippen molar-refractivity contribution in [2.24, 2.45) is 52.3 Å². The van der Waals surface area contributed by atoms with Crippen LogP contribution in [-0.4, -0.2) is 198 Å². The summed E-state index contributed by atoms with van der Waals surface area (Å²) in [6.07, 6.45) is -13.7. The van der Waals surface area contributed by atoms with Crippen molar-refractivity contribution in [2.45, 2.75) is 202 Å². The fourth-order valence-corrected chi connectivity index (χ4v) is 14.2. The minimum Gasteiger partial charge on any atom is -0.394 e. The van der Waals surface area contributed by atoms with Crippen LogP contribution in [0.4, 0.5) is 0 Å². The SMILES string of the molecule is C[C@@H](CC[C@@]1(O)O[C@H]2C[C@H]3[C@@H]4CC[C@@H]5C[C@@H](O[C@@H]6O[C@H](CO)[C@@H](O)[C@H](O)[C@H]6O[C@@H]6O[C@H](CO)[C@H](O)[C@H](O)[C@H]6O)CC[C@]5(C)[C@H]4CC[C@]3(C)[C@H]2[C@@H]1C)CO[C@@H]1O[C@H](CO)[C@H](O)[C@H](O)[C@H]1O. The maximum atomic E-state index is 12.1. The Morgan fingerprint density at radius 1 is 0.625 bits per heavy atom. The van der Waals surface area contributed by atoms with Crippen molar-refractivity contribution in [3.8, 4) is 0 Å². The van der Waals surface area contributed by atoms with Gasteiger partial charge in [-0.3, -0.25) is 0 Å². The number of ether oxygens (including phenoxy) is 7. The lowest BCUT2D eigenvalue weighted by Gasteiger charge is -2.61. The van der Waals surface area contributed by atoms with E-state index in [2.05, 4.69) is 20.8 Å². The Labute approximate surface area is 374 Å². The smallest absolute Gasteiger partial charge is 0.187 e. The quantitative estimate of drug-likeness (QED) is 0.0909. The summed E-state index contributed by atoms with van der Waals surface area (Å²) >= 11 is 0. The lowest BCUT2D eigenvalue weighted by atomic mass is 9.44. The van der Waals surface area contributed by atoms with Gasteiger partial charge in [-0.25, -0.2) is 0 Å². The van der Waals surface area contributed by atoms with Gasteiger partial charge in [0.2, 0.25) is 0 Å². The normalized spacial score (nSPS) is 55.6. The maximum absolute atomic E-state index is 12.1. The molecular formula is C45H76O19. The molecule has 4 aliphatic heterocycles. The number of hydrogen-bond acceptors (Lipinski definition) is 19. The molecule has 19 nitrogen and oxygen atoms in total. The molecular weight excluding hydrogens is 844 g/mol. The Hall–Kier alpha value is -0.760. The Kier molecular flexibility index (Phi) is 14.9. The summed E-state index contributed by atoms with van der Waals surface area (Å²) < 4.78 is 42.0.